The van der Waals surface area contributed by atoms with Gasteiger partial charge in [-0.1, -0.05) is 10.5 Å². The predicted molar refractivity (Wildman–Crippen MR) is 60.1 cm³/mol. The molecule has 0 amide bonds. The molecule has 0 aliphatic heterocycles. The molecule has 4 aromatic rings. The first-order valence-corrected chi connectivity index (χ1v) is 4.65. The zero-order valence-electron chi connectivity index (χ0n) is 9.85. The summed E-state index contributed by atoms with van der Waals surface area (Å²) in [6.07, 6.45) is 1.58. The number of hydrogen-bond acceptors (Lipinski definition) is 5. The van der Waals surface area contributed by atoms with E-state index in [2.05, 4.69) is 31.8 Å². The molecule has 96 valence electrons. The maximum Gasteiger partial charge on any atom is 0.244 e. The molecule has 0 fully saturated rings. The molecule has 1 aromatic carbocycles. The minimum absolute atomic E-state index is 0. The molecule has 3 aromatic heterocycles. The first-order chi connectivity index (χ1) is 7.95. The van der Waals surface area contributed by atoms with Crippen molar-refractivity contribution >= 4 is 22.3 Å². The van der Waals surface area contributed by atoms with E-state index in [1.807, 2.05) is 18.2 Å². The van der Waals surface area contributed by atoms with Crippen LogP contribution in [0.15, 0.2) is 24.5 Å². The van der Waals surface area contributed by atoms with Gasteiger partial charge in [-0.2, -0.15) is 5.10 Å². The number of tetrazole rings is 1. The van der Waals surface area contributed by atoms with Crippen molar-refractivity contribution in [2.75, 3.05) is 0 Å². The summed E-state index contributed by atoms with van der Waals surface area (Å²) in [6, 6.07) is 8.75. The fourth-order valence-corrected chi connectivity index (χ4v) is 1.82. The fourth-order valence-electron chi connectivity index (χ4n) is 1.82. The molecule has 0 aliphatic rings. The van der Waals surface area contributed by atoms with Crippen LogP contribution in [0.3, 0.4) is 0 Å². The normalized spacial score (nSPS) is 9.89. The molecule has 0 bridgehead atoms. The number of fused-ring (bicyclic) bond motifs is 6. The Labute approximate surface area is 147 Å². The molecule has 2 radical (unpaired) electrons. The Bertz CT molecular complexity index is 755. The summed E-state index contributed by atoms with van der Waals surface area (Å²) in [5.74, 6) is 0.590. The van der Waals surface area contributed by atoms with Crippen LogP contribution in [-0.4, -0.2) is 34.6 Å². The van der Waals surface area contributed by atoms with Crippen molar-refractivity contribution in [2.24, 2.45) is 0 Å². The molecule has 0 spiro atoms. The topological polar surface area (TPSA) is 73.3 Å². The van der Waals surface area contributed by atoms with Crippen molar-refractivity contribution in [3.63, 3.8) is 0 Å². The minimum Gasteiger partial charge on any atom is -0.358 e. The quantitative estimate of drug-likeness (QED) is 0.326. The van der Waals surface area contributed by atoms with Crippen LogP contribution in [0.25, 0.3) is 22.3 Å². The number of hydrogen-bond donors (Lipinski definition) is 0. The van der Waals surface area contributed by atoms with E-state index < -0.39 is 0 Å². The van der Waals surface area contributed by atoms with E-state index >= 15 is 0 Å². The van der Waals surface area contributed by atoms with E-state index in [-0.39, 0.29) is 60.2 Å². The monoisotopic (exact) mass is 507 g/mol. The Balaban J connectivity index is 0.000000602. The molecular weight excluding hydrogens is 499 g/mol. The second kappa shape index (κ2) is 6.09. The van der Waals surface area contributed by atoms with Crippen molar-refractivity contribution in [3.8, 4) is 0 Å². The van der Waals surface area contributed by atoms with Crippen LogP contribution in [0.2, 0.25) is 0 Å². The molecule has 4 rings (SSSR count). The predicted octanol–water partition coefficient (Wildman–Crippen LogP) is 0.566. The van der Waals surface area contributed by atoms with Crippen LogP contribution in [0.5, 0.6) is 0 Å². The molecular formula is C10H7IrN7Y-2. The van der Waals surface area contributed by atoms with Crippen LogP contribution >= 0.6 is 0 Å². The Kier molecular flexibility index (Phi) is 5.20. The van der Waals surface area contributed by atoms with E-state index in [1.165, 1.54) is 0 Å². The summed E-state index contributed by atoms with van der Waals surface area (Å²) in [5, 5.41) is 20.3. The van der Waals surface area contributed by atoms with Crippen molar-refractivity contribution < 1.29 is 52.8 Å². The Hall–Kier alpha value is -0.817. The van der Waals surface area contributed by atoms with Crippen molar-refractivity contribution in [1.82, 2.24) is 34.6 Å². The number of aromatic nitrogens is 7. The van der Waals surface area contributed by atoms with E-state index in [9.17, 15) is 0 Å². The molecule has 0 saturated carbocycles. The van der Waals surface area contributed by atoms with E-state index in [1.54, 1.807) is 15.2 Å². The van der Waals surface area contributed by atoms with Gasteiger partial charge in [-0.3, -0.25) is 4.40 Å². The number of rotatable bonds is 0. The van der Waals surface area contributed by atoms with Crippen molar-refractivity contribution in [2.45, 2.75) is 0 Å². The molecule has 19 heavy (non-hydrogen) atoms. The largest absolute Gasteiger partial charge is 0.358 e. The standard InChI is InChI=1S/C9H4N7.CH3.Ir.Y/c1-2-4-7-6(3-1)8-11-10-5-15(8)9-12-13-14-16(7)9;;;/h1-2,4-5H;1H3;;/q2*-1;;. The minimum atomic E-state index is 0. The second-order valence-corrected chi connectivity index (χ2v) is 3.35. The van der Waals surface area contributed by atoms with Gasteiger partial charge in [0.05, 0.1) is 5.65 Å². The smallest absolute Gasteiger partial charge is 0.244 e. The van der Waals surface area contributed by atoms with Crippen LogP contribution in [0.4, 0.5) is 0 Å². The van der Waals surface area contributed by atoms with Gasteiger partial charge in [-0.15, -0.1) is 29.4 Å². The van der Waals surface area contributed by atoms with Gasteiger partial charge in [0.2, 0.25) is 5.78 Å². The van der Waals surface area contributed by atoms with Crippen LogP contribution in [0, 0.1) is 13.5 Å². The summed E-state index contributed by atoms with van der Waals surface area (Å²) >= 11 is 0. The third kappa shape index (κ3) is 2.23. The fraction of sp³-hybridized carbons (Fsp3) is 0. The van der Waals surface area contributed by atoms with E-state index in [4.69, 9.17) is 0 Å². The van der Waals surface area contributed by atoms with Crippen LogP contribution < -0.4 is 0 Å². The molecule has 3 heterocycles. The molecule has 0 atom stereocenters. The van der Waals surface area contributed by atoms with Gasteiger partial charge in [0.1, 0.15) is 6.33 Å². The van der Waals surface area contributed by atoms with Crippen molar-refractivity contribution in [1.29, 1.82) is 0 Å². The maximum absolute atomic E-state index is 4.05. The van der Waals surface area contributed by atoms with E-state index in [0.717, 1.165) is 10.9 Å². The maximum atomic E-state index is 4.05. The van der Waals surface area contributed by atoms with Crippen molar-refractivity contribution in [3.05, 3.63) is 38.0 Å². The van der Waals surface area contributed by atoms with Gasteiger partial charge in [0.25, 0.3) is 0 Å². The third-order valence-electron chi connectivity index (χ3n) is 2.50. The third-order valence-corrected chi connectivity index (χ3v) is 2.50. The van der Waals surface area contributed by atoms with Gasteiger partial charge < -0.3 is 7.43 Å². The molecule has 0 saturated heterocycles. The molecule has 0 N–H and O–H groups in total. The van der Waals surface area contributed by atoms with Gasteiger partial charge in [-0.25, -0.2) is 4.52 Å². The number of benzene rings is 1. The summed E-state index contributed by atoms with van der Waals surface area (Å²) in [7, 11) is 0. The van der Waals surface area contributed by atoms with Gasteiger partial charge in [0.15, 0.2) is 0 Å². The Morgan fingerprint density at radius 2 is 2.05 bits per heavy atom. The zero-order chi connectivity index (χ0) is 10.5. The molecule has 7 nitrogen and oxygen atoms in total. The summed E-state index contributed by atoms with van der Waals surface area (Å²) in [6.45, 7) is 0. The Morgan fingerprint density at radius 1 is 1.21 bits per heavy atom. The SMILES string of the molecule is [CH3-].[Ir].[Y].[c-]1cccc2c1c1nncn1c1nnnn21. The summed E-state index contributed by atoms with van der Waals surface area (Å²) < 4.78 is 3.38. The molecule has 9 heteroatoms. The van der Waals surface area contributed by atoms with Gasteiger partial charge in [0, 0.05) is 52.8 Å². The van der Waals surface area contributed by atoms with E-state index in [0.29, 0.717) is 11.4 Å². The molecule has 0 aliphatic carbocycles. The second-order valence-electron chi connectivity index (χ2n) is 3.35. The molecule has 0 unspecified atom stereocenters. The average Bonchev–Trinajstić information content (AvgIpc) is 2.98. The summed E-state index contributed by atoms with van der Waals surface area (Å²) in [4.78, 5) is 0. The average molecular weight is 506 g/mol. The van der Waals surface area contributed by atoms with Crippen LogP contribution in [-0.2, 0) is 52.8 Å². The van der Waals surface area contributed by atoms with Crippen LogP contribution in [0.1, 0.15) is 0 Å². The number of nitrogens with zero attached hydrogens (tertiary/aromatic N) is 7. The first-order valence-electron chi connectivity index (χ1n) is 4.65. The van der Waals surface area contributed by atoms with Gasteiger partial charge >= 0.3 is 0 Å². The first kappa shape index (κ1) is 16.2. The zero-order valence-corrected chi connectivity index (χ0v) is 15.1. The van der Waals surface area contributed by atoms with Gasteiger partial charge in [-0.05, 0) is 15.9 Å². The summed E-state index contributed by atoms with van der Waals surface area (Å²) in [5.41, 5.74) is 1.57. The Morgan fingerprint density at radius 3 is 2.89 bits per heavy atom.